The molecule has 8 rings (SSSR count). The highest BCUT2D eigenvalue weighted by Gasteiger charge is 2.51. The molecule has 6 aliphatic rings. The van der Waals surface area contributed by atoms with E-state index < -0.39 is 176 Å². The number of esters is 1. The number of aliphatic hydroxyl groups is 7. The van der Waals surface area contributed by atoms with E-state index in [-0.39, 0.29) is 84.8 Å². The van der Waals surface area contributed by atoms with Crippen LogP contribution in [0.2, 0.25) is 0 Å². The molecule has 5 aliphatic heterocycles. The third-order valence-electron chi connectivity index (χ3n) is 16.5. The number of Topliss-reactive ketones (excluding diaryl/α,β-unsaturated/α-hetero) is 2. The average molecular weight is 1130 g/mol. The van der Waals surface area contributed by atoms with Crippen molar-refractivity contribution in [2.75, 3.05) is 13.7 Å². The first-order valence-corrected chi connectivity index (χ1v) is 27.3. The van der Waals surface area contributed by atoms with E-state index in [9.17, 15) is 55.5 Å². The molecule has 2 aromatic rings. The zero-order chi connectivity index (χ0) is 57.7. The zero-order valence-corrected chi connectivity index (χ0v) is 46.2. The minimum atomic E-state index is -1.80. The highest BCUT2D eigenvalue weighted by Crippen LogP contribution is 2.47. The summed E-state index contributed by atoms with van der Waals surface area (Å²) in [6.45, 7) is 13.4. The average Bonchev–Trinajstić information content (AvgIpc) is 3.38. The molecule has 0 amide bonds. The number of methoxy groups -OCH3 is 1. The Morgan fingerprint density at radius 3 is 1.95 bits per heavy atom. The van der Waals surface area contributed by atoms with Crippen molar-refractivity contribution in [1.29, 1.82) is 0 Å². The quantitative estimate of drug-likeness (QED) is 0.102. The molecule has 5 heterocycles. The topological polar surface area (TPSA) is 344 Å². The van der Waals surface area contributed by atoms with Crippen LogP contribution in [0.5, 0.6) is 17.2 Å². The molecular weight excluding hydrogens is 1040 g/mol. The minimum Gasteiger partial charge on any atom is -0.507 e. The maximum absolute atomic E-state index is 15.1. The zero-order valence-electron chi connectivity index (χ0n) is 46.2. The number of hydrogen-bond donors (Lipinski definition) is 9. The lowest BCUT2D eigenvalue weighted by atomic mass is 9.74. The van der Waals surface area contributed by atoms with Crippen molar-refractivity contribution in [1.82, 2.24) is 0 Å². The van der Waals surface area contributed by atoms with Gasteiger partial charge in [-0.05, 0) is 78.0 Å². The normalized spacial score (nSPS) is 40.3. The van der Waals surface area contributed by atoms with Gasteiger partial charge in [-0.3, -0.25) is 14.4 Å². The van der Waals surface area contributed by atoms with Crippen LogP contribution in [0.25, 0.3) is 10.8 Å². The highest BCUT2D eigenvalue weighted by molar-refractivity contribution is 6.12. The molecule has 9 N–H and O–H groups in total. The second-order valence-corrected chi connectivity index (χ2v) is 22.6. The van der Waals surface area contributed by atoms with Gasteiger partial charge in [0.15, 0.2) is 36.7 Å². The van der Waals surface area contributed by atoms with Gasteiger partial charge in [0.05, 0.1) is 84.0 Å². The Kier molecular flexibility index (Phi) is 19.4. The maximum atomic E-state index is 15.1. The lowest BCUT2D eigenvalue weighted by Gasteiger charge is -2.46. The number of carbonyl (C=O) groups is 3. The summed E-state index contributed by atoms with van der Waals surface area (Å²) in [6, 6.07) is 3.02. The predicted molar refractivity (Wildman–Crippen MR) is 271 cm³/mol. The Bertz CT molecular complexity index is 2470. The van der Waals surface area contributed by atoms with Crippen molar-refractivity contribution < 1.29 is 117 Å². The number of aliphatic hydroxyl groups excluding tert-OH is 6. The van der Waals surface area contributed by atoms with Crippen LogP contribution in [0, 0.1) is 18.8 Å². The van der Waals surface area contributed by atoms with E-state index in [4.69, 9.17) is 56.8 Å². The van der Waals surface area contributed by atoms with Crippen LogP contribution in [0.4, 0.5) is 0 Å². The van der Waals surface area contributed by atoms with Crippen molar-refractivity contribution in [3.8, 4) is 17.2 Å². The fourth-order valence-corrected chi connectivity index (χ4v) is 11.9. The molecule has 2 aromatic carbocycles. The van der Waals surface area contributed by atoms with Gasteiger partial charge in [0.2, 0.25) is 6.29 Å². The minimum absolute atomic E-state index is 0.0308. The van der Waals surface area contributed by atoms with Crippen LogP contribution in [-0.4, -0.2) is 212 Å². The fourth-order valence-electron chi connectivity index (χ4n) is 11.9. The molecule has 24 heteroatoms. The Morgan fingerprint density at radius 2 is 1.33 bits per heavy atom. The smallest absolute Gasteiger partial charge is 0.302 e. The van der Waals surface area contributed by atoms with Gasteiger partial charge in [-0.2, -0.15) is 0 Å². The Labute approximate surface area is 457 Å². The van der Waals surface area contributed by atoms with Gasteiger partial charge in [0.1, 0.15) is 60.0 Å². The number of phenolic OH excluding ortho intramolecular Hbond substituents is 2. The van der Waals surface area contributed by atoms with E-state index in [1.807, 2.05) is 0 Å². The Morgan fingerprint density at radius 1 is 0.759 bits per heavy atom. The molecule has 5 saturated heterocycles. The van der Waals surface area contributed by atoms with E-state index in [1.54, 1.807) is 27.7 Å². The van der Waals surface area contributed by atoms with Crippen LogP contribution in [0.1, 0.15) is 115 Å². The van der Waals surface area contributed by atoms with Gasteiger partial charge in [0.25, 0.3) is 0 Å². The summed E-state index contributed by atoms with van der Waals surface area (Å²) >= 11 is 0. The molecule has 0 saturated carbocycles. The first kappa shape index (κ1) is 61.3. The van der Waals surface area contributed by atoms with Crippen LogP contribution in [-0.2, 0) is 68.1 Å². The van der Waals surface area contributed by atoms with E-state index in [0.717, 1.165) is 0 Å². The fraction of sp³-hybridized carbons (Fsp3) is 0.764. The largest absolute Gasteiger partial charge is 0.507 e. The standard InChI is InChI=1S/C55H80O24/c1-21(23(3)69-28(8)57)46(60)49(63)33-12-29-11-30-13-34(75-39-16-35(47(61)24(4)70-39)76-38-15-31(58)14-32(20-56)74-38)22(2)45(59)43(30)50(64)44(29)51(65)53(33)79-41-17-36(48(62)25(5)71-41)77-40-18-37(52(68-10)26(6)72-40)78-42-19-55(9,67)54(66)27(7)73-42/h11,13,21,23-27,31-33,35-42,46-48,52-54,56,58-62,64,66-67H,12,14-20H2,1-10H3. The molecule has 1 aliphatic carbocycles. The number of ether oxygens (including phenoxy) is 12. The lowest BCUT2D eigenvalue weighted by molar-refractivity contribution is -0.335. The third kappa shape index (κ3) is 13.2. The number of phenols is 2. The summed E-state index contributed by atoms with van der Waals surface area (Å²) in [7, 11) is 1.49. The Balaban J connectivity index is 1.05. The van der Waals surface area contributed by atoms with Crippen LogP contribution < -0.4 is 4.74 Å². The van der Waals surface area contributed by atoms with Gasteiger partial charge >= 0.3 is 5.97 Å². The second-order valence-electron chi connectivity index (χ2n) is 22.6. The summed E-state index contributed by atoms with van der Waals surface area (Å²) in [6.07, 6.45) is -21.4. The molecule has 0 aromatic heterocycles. The van der Waals surface area contributed by atoms with E-state index in [2.05, 4.69) is 0 Å². The second kappa shape index (κ2) is 25.0. The van der Waals surface area contributed by atoms with Crippen LogP contribution in [0.15, 0.2) is 12.1 Å². The van der Waals surface area contributed by atoms with Crippen molar-refractivity contribution in [2.24, 2.45) is 11.8 Å². The molecule has 0 spiro atoms. The first-order chi connectivity index (χ1) is 37.2. The van der Waals surface area contributed by atoms with Crippen molar-refractivity contribution in [3.05, 3.63) is 28.8 Å². The molecule has 24 unspecified atom stereocenters. The molecule has 24 nitrogen and oxygen atoms in total. The summed E-state index contributed by atoms with van der Waals surface area (Å²) in [5.41, 5.74) is -1.48. The third-order valence-corrected chi connectivity index (χ3v) is 16.5. The molecule has 5 fully saturated rings. The van der Waals surface area contributed by atoms with Crippen molar-refractivity contribution >= 4 is 28.3 Å². The lowest BCUT2D eigenvalue weighted by Crippen LogP contribution is -2.58. The van der Waals surface area contributed by atoms with Gasteiger partial charge in [0, 0.05) is 64.0 Å². The molecule has 79 heavy (non-hydrogen) atoms. The monoisotopic (exact) mass is 1120 g/mol. The predicted octanol–water partition coefficient (Wildman–Crippen LogP) is 1.60. The maximum Gasteiger partial charge on any atom is 0.302 e. The summed E-state index contributed by atoms with van der Waals surface area (Å²) in [4.78, 5) is 41.7. The number of benzene rings is 2. The van der Waals surface area contributed by atoms with Gasteiger partial charge in [-0.15, -0.1) is 0 Å². The molecule has 24 atom stereocenters. The van der Waals surface area contributed by atoms with Gasteiger partial charge in [-0.1, -0.05) is 6.92 Å². The van der Waals surface area contributed by atoms with Gasteiger partial charge in [-0.25, -0.2) is 0 Å². The van der Waals surface area contributed by atoms with Crippen LogP contribution in [0.3, 0.4) is 0 Å². The molecule has 444 valence electrons. The molecular formula is C55H80O24. The summed E-state index contributed by atoms with van der Waals surface area (Å²) in [5, 5.41) is 99.6. The van der Waals surface area contributed by atoms with Crippen molar-refractivity contribution in [2.45, 2.75) is 242 Å². The number of ketones is 2. The SMILES string of the molecule is COC1C(C)OC(OC2CC(OC3C(=O)c4c(cc5cc(OC6CC(OC7CC(O)CC(CO)O7)C(O)C(C)O6)c(C)c(O)c5c4O)CC3C(=O)C(O)C(C)C(C)OC(C)=O)OC(C)C2O)CC1OC1CC(C)(O)C(O)C(C)O1. The number of hydrogen-bond acceptors (Lipinski definition) is 24. The number of carbonyl (C=O) groups excluding carboxylic acids is 3. The molecule has 0 radical (unpaired) electrons. The first-order valence-electron chi connectivity index (χ1n) is 27.3. The van der Waals surface area contributed by atoms with E-state index in [1.165, 1.54) is 53.9 Å². The Hall–Kier alpha value is -3.77. The summed E-state index contributed by atoms with van der Waals surface area (Å²) < 4.78 is 72.7. The number of aromatic hydroxyl groups is 2. The van der Waals surface area contributed by atoms with E-state index >= 15 is 4.79 Å². The number of fused-ring (bicyclic) bond motifs is 2. The number of rotatable bonds is 17. The summed E-state index contributed by atoms with van der Waals surface area (Å²) in [5.74, 6) is -5.78. The van der Waals surface area contributed by atoms with Gasteiger partial charge < -0.3 is 103 Å². The highest BCUT2D eigenvalue weighted by atomic mass is 16.7. The van der Waals surface area contributed by atoms with Crippen molar-refractivity contribution in [3.63, 3.8) is 0 Å². The van der Waals surface area contributed by atoms with Crippen LogP contribution >= 0.6 is 0 Å². The molecule has 0 bridgehead atoms. The van der Waals surface area contributed by atoms with E-state index in [0.29, 0.717) is 0 Å².